The Balaban J connectivity index is 1.82. The summed E-state index contributed by atoms with van der Waals surface area (Å²) in [6, 6.07) is 7.92. The maximum absolute atomic E-state index is 12.3. The number of nitrogens with zero attached hydrogens (tertiary/aromatic N) is 1. The van der Waals surface area contributed by atoms with Gasteiger partial charge >= 0.3 is 0 Å². The Bertz CT molecular complexity index is 659. The van der Waals surface area contributed by atoms with Crippen LogP contribution in [0.5, 0.6) is 0 Å². The van der Waals surface area contributed by atoms with E-state index >= 15 is 0 Å². The Labute approximate surface area is 128 Å². The standard InChI is InChI=1S/C16H20N2O2S/c1-2-18-8-5-12-3-4-13(11-14(12)18)17-15(19)16(20)6-9-21-10-7-16/h3-5,8,11,20H,2,6-7,9-10H2,1H3,(H,17,19). The van der Waals surface area contributed by atoms with Crippen LogP contribution in [0.3, 0.4) is 0 Å². The van der Waals surface area contributed by atoms with Crippen molar-refractivity contribution in [3.05, 3.63) is 30.5 Å². The Morgan fingerprint density at radius 2 is 2.14 bits per heavy atom. The number of aryl methyl sites for hydroxylation is 1. The smallest absolute Gasteiger partial charge is 0.256 e. The average Bonchev–Trinajstić information content (AvgIpc) is 2.90. The van der Waals surface area contributed by atoms with E-state index in [2.05, 4.69) is 22.9 Å². The van der Waals surface area contributed by atoms with Crippen LogP contribution in [0, 0.1) is 0 Å². The molecule has 1 aromatic carbocycles. The fourth-order valence-corrected chi connectivity index (χ4v) is 3.89. The Kier molecular flexibility index (Phi) is 3.95. The maximum atomic E-state index is 12.3. The first-order valence-electron chi connectivity index (χ1n) is 7.33. The van der Waals surface area contributed by atoms with E-state index in [9.17, 15) is 9.90 Å². The number of carbonyl (C=O) groups excluding carboxylic acids is 1. The lowest BCUT2D eigenvalue weighted by Gasteiger charge is -2.30. The number of hydrogen-bond donors (Lipinski definition) is 2. The van der Waals surface area contributed by atoms with Crippen molar-refractivity contribution in [2.45, 2.75) is 31.9 Å². The van der Waals surface area contributed by atoms with Gasteiger partial charge in [0, 0.05) is 18.4 Å². The third kappa shape index (κ3) is 2.80. The van der Waals surface area contributed by atoms with Gasteiger partial charge in [0.15, 0.2) is 0 Å². The van der Waals surface area contributed by atoms with Crippen LogP contribution in [-0.4, -0.2) is 32.7 Å². The molecule has 2 aromatic rings. The molecule has 1 amide bonds. The average molecular weight is 304 g/mol. The summed E-state index contributed by atoms with van der Waals surface area (Å²) in [5.74, 6) is 1.39. The van der Waals surface area contributed by atoms with E-state index in [1.54, 1.807) is 11.8 Å². The van der Waals surface area contributed by atoms with Gasteiger partial charge in [0.1, 0.15) is 5.60 Å². The normalized spacial score (nSPS) is 17.8. The summed E-state index contributed by atoms with van der Waals surface area (Å²) in [6.45, 7) is 2.98. The summed E-state index contributed by atoms with van der Waals surface area (Å²) in [6.07, 6.45) is 3.09. The van der Waals surface area contributed by atoms with Crippen LogP contribution in [0.1, 0.15) is 19.8 Å². The van der Waals surface area contributed by atoms with Crippen LogP contribution < -0.4 is 5.32 Å². The predicted octanol–water partition coefficient (Wildman–Crippen LogP) is 2.86. The number of benzene rings is 1. The third-order valence-electron chi connectivity index (χ3n) is 4.12. The lowest BCUT2D eigenvalue weighted by molar-refractivity contribution is -0.134. The first kappa shape index (κ1) is 14.5. The largest absolute Gasteiger partial charge is 0.380 e. The molecule has 0 aliphatic carbocycles. The number of amides is 1. The van der Waals surface area contributed by atoms with Crippen molar-refractivity contribution in [1.82, 2.24) is 4.57 Å². The summed E-state index contributed by atoms with van der Waals surface area (Å²) in [7, 11) is 0. The monoisotopic (exact) mass is 304 g/mol. The van der Waals surface area contributed by atoms with E-state index in [4.69, 9.17) is 0 Å². The summed E-state index contributed by atoms with van der Waals surface area (Å²) >= 11 is 1.79. The minimum atomic E-state index is -1.22. The molecule has 1 aliphatic rings. The Hall–Kier alpha value is -1.46. The number of rotatable bonds is 3. The second-order valence-electron chi connectivity index (χ2n) is 5.47. The SMILES string of the molecule is CCn1ccc2ccc(NC(=O)C3(O)CCSCC3)cc21. The molecule has 0 spiro atoms. The number of hydrogen-bond acceptors (Lipinski definition) is 3. The summed E-state index contributed by atoms with van der Waals surface area (Å²) < 4.78 is 2.14. The Morgan fingerprint density at radius 3 is 2.86 bits per heavy atom. The van der Waals surface area contributed by atoms with E-state index in [0.29, 0.717) is 12.8 Å². The minimum Gasteiger partial charge on any atom is -0.380 e. The van der Waals surface area contributed by atoms with Crippen molar-refractivity contribution >= 4 is 34.3 Å². The van der Waals surface area contributed by atoms with Crippen LogP contribution in [0.25, 0.3) is 10.9 Å². The molecule has 2 N–H and O–H groups in total. The molecule has 3 rings (SSSR count). The van der Waals surface area contributed by atoms with Crippen molar-refractivity contribution in [2.24, 2.45) is 0 Å². The molecule has 21 heavy (non-hydrogen) atoms. The molecule has 0 radical (unpaired) electrons. The van der Waals surface area contributed by atoms with Gasteiger partial charge in [0.2, 0.25) is 0 Å². The highest BCUT2D eigenvalue weighted by atomic mass is 32.2. The van der Waals surface area contributed by atoms with Crippen LogP contribution in [0.2, 0.25) is 0 Å². The second kappa shape index (κ2) is 5.73. The molecule has 5 heteroatoms. The third-order valence-corrected chi connectivity index (χ3v) is 5.10. The number of carbonyl (C=O) groups is 1. The molecule has 112 valence electrons. The van der Waals surface area contributed by atoms with Gasteiger partial charge in [-0.3, -0.25) is 4.79 Å². The molecule has 0 unspecified atom stereocenters. The first-order chi connectivity index (χ1) is 10.1. The highest BCUT2D eigenvalue weighted by Gasteiger charge is 2.37. The van der Waals surface area contributed by atoms with Gasteiger partial charge < -0.3 is 15.0 Å². The van der Waals surface area contributed by atoms with Gasteiger partial charge in [0.25, 0.3) is 5.91 Å². The van der Waals surface area contributed by atoms with Gasteiger partial charge in [-0.15, -0.1) is 0 Å². The number of aromatic nitrogens is 1. The van der Waals surface area contributed by atoms with Crippen LogP contribution in [0.4, 0.5) is 5.69 Å². The second-order valence-corrected chi connectivity index (χ2v) is 6.70. The summed E-state index contributed by atoms with van der Waals surface area (Å²) in [5, 5.41) is 14.5. The van der Waals surface area contributed by atoms with E-state index in [1.165, 1.54) is 0 Å². The molecule has 1 fully saturated rings. The quantitative estimate of drug-likeness (QED) is 0.917. The van der Waals surface area contributed by atoms with Crippen molar-refractivity contribution in [1.29, 1.82) is 0 Å². The summed E-state index contributed by atoms with van der Waals surface area (Å²) in [4.78, 5) is 12.3. The van der Waals surface area contributed by atoms with Crippen LogP contribution in [-0.2, 0) is 11.3 Å². The lowest BCUT2D eigenvalue weighted by Crippen LogP contribution is -2.45. The minimum absolute atomic E-state index is 0.281. The van der Waals surface area contributed by atoms with Gasteiger partial charge in [0.05, 0.1) is 5.52 Å². The van der Waals surface area contributed by atoms with Gasteiger partial charge in [-0.25, -0.2) is 0 Å². The zero-order chi connectivity index (χ0) is 14.9. The number of anilines is 1. The molecule has 1 aromatic heterocycles. The zero-order valence-corrected chi connectivity index (χ0v) is 12.9. The highest BCUT2D eigenvalue weighted by Crippen LogP contribution is 2.29. The van der Waals surface area contributed by atoms with Crippen LogP contribution in [0.15, 0.2) is 30.5 Å². The van der Waals surface area contributed by atoms with Gasteiger partial charge in [-0.1, -0.05) is 6.07 Å². The van der Waals surface area contributed by atoms with Crippen molar-refractivity contribution in [3.8, 4) is 0 Å². The number of nitrogens with one attached hydrogen (secondary N) is 1. The molecule has 4 nitrogen and oxygen atoms in total. The molecule has 1 aliphatic heterocycles. The van der Waals surface area contributed by atoms with E-state index in [1.807, 2.05) is 24.4 Å². The number of aliphatic hydroxyl groups is 1. The summed E-state index contributed by atoms with van der Waals surface area (Å²) in [5.41, 5.74) is 0.626. The van der Waals surface area contributed by atoms with Crippen molar-refractivity contribution < 1.29 is 9.90 Å². The highest BCUT2D eigenvalue weighted by molar-refractivity contribution is 7.99. The van der Waals surface area contributed by atoms with E-state index < -0.39 is 5.60 Å². The number of thioether (sulfide) groups is 1. The maximum Gasteiger partial charge on any atom is 0.256 e. The van der Waals surface area contributed by atoms with E-state index in [0.717, 1.165) is 34.6 Å². The van der Waals surface area contributed by atoms with Gasteiger partial charge in [-0.05, 0) is 54.9 Å². The van der Waals surface area contributed by atoms with E-state index in [-0.39, 0.29) is 5.91 Å². The molecular weight excluding hydrogens is 284 g/mol. The number of fused-ring (bicyclic) bond motifs is 1. The molecule has 0 bridgehead atoms. The fraction of sp³-hybridized carbons (Fsp3) is 0.438. The predicted molar refractivity (Wildman–Crippen MR) is 87.8 cm³/mol. The first-order valence-corrected chi connectivity index (χ1v) is 8.48. The van der Waals surface area contributed by atoms with Gasteiger partial charge in [-0.2, -0.15) is 11.8 Å². The molecule has 1 saturated heterocycles. The molecule has 0 atom stereocenters. The molecule has 0 saturated carbocycles. The zero-order valence-electron chi connectivity index (χ0n) is 12.1. The topological polar surface area (TPSA) is 54.3 Å². The van der Waals surface area contributed by atoms with Crippen molar-refractivity contribution in [3.63, 3.8) is 0 Å². The molecule has 2 heterocycles. The van der Waals surface area contributed by atoms with Crippen LogP contribution >= 0.6 is 11.8 Å². The van der Waals surface area contributed by atoms with Crippen molar-refractivity contribution in [2.75, 3.05) is 16.8 Å². The lowest BCUT2D eigenvalue weighted by atomic mass is 9.95. The Morgan fingerprint density at radius 1 is 1.38 bits per heavy atom. The molecular formula is C16H20N2O2S. The fourth-order valence-electron chi connectivity index (χ4n) is 2.72.